The van der Waals surface area contributed by atoms with Crippen molar-refractivity contribution in [2.75, 3.05) is 44.2 Å². The van der Waals surface area contributed by atoms with Gasteiger partial charge in [0.1, 0.15) is 0 Å². The van der Waals surface area contributed by atoms with Crippen molar-refractivity contribution in [1.82, 2.24) is 4.90 Å². The molecule has 168 valence electrons. The fourth-order valence-electron chi connectivity index (χ4n) is 5.89. The van der Waals surface area contributed by atoms with E-state index in [4.69, 9.17) is 5.11 Å². The van der Waals surface area contributed by atoms with Gasteiger partial charge in [0.2, 0.25) is 0 Å². The van der Waals surface area contributed by atoms with E-state index in [1.54, 1.807) is 0 Å². The Morgan fingerprint density at radius 3 is 2.06 bits per heavy atom. The molecule has 1 aliphatic carbocycles. The van der Waals surface area contributed by atoms with Crippen molar-refractivity contribution < 1.29 is 5.11 Å². The molecule has 31 heavy (non-hydrogen) atoms. The summed E-state index contributed by atoms with van der Waals surface area (Å²) in [5.74, 6) is 0. The molecule has 1 heterocycles. The van der Waals surface area contributed by atoms with E-state index in [0.717, 1.165) is 45.6 Å². The number of fused-ring (bicyclic) bond motifs is 1. The molecule has 2 aromatic carbocycles. The van der Waals surface area contributed by atoms with Crippen LogP contribution in [0.1, 0.15) is 64.5 Å². The SMILES string of the molecule is CC1(C)CC(C)(C)c2cc(-c3ccc(N4CCN(CCCCCO)CC4)cc3)ccc21. The van der Waals surface area contributed by atoms with Crippen molar-refractivity contribution in [2.45, 2.75) is 64.2 Å². The van der Waals surface area contributed by atoms with Crippen LogP contribution in [0.15, 0.2) is 42.5 Å². The monoisotopic (exact) mass is 420 g/mol. The van der Waals surface area contributed by atoms with E-state index >= 15 is 0 Å². The summed E-state index contributed by atoms with van der Waals surface area (Å²) in [4.78, 5) is 5.08. The Labute approximate surface area is 189 Å². The highest BCUT2D eigenvalue weighted by molar-refractivity contribution is 5.69. The van der Waals surface area contributed by atoms with Gasteiger partial charge in [-0.15, -0.1) is 0 Å². The number of benzene rings is 2. The molecule has 0 amide bonds. The van der Waals surface area contributed by atoms with E-state index in [0.29, 0.717) is 6.61 Å². The molecule has 2 aromatic rings. The third-order valence-corrected chi connectivity index (χ3v) is 7.43. The molecule has 4 rings (SSSR count). The van der Waals surface area contributed by atoms with Gasteiger partial charge in [0.05, 0.1) is 0 Å². The third-order valence-electron chi connectivity index (χ3n) is 7.43. The highest BCUT2D eigenvalue weighted by Crippen LogP contribution is 2.50. The quantitative estimate of drug-likeness (QED) is 0.591. The molecule has 0 spiro atoms. The molecule has 3 nitrogen and oxygen atoms in total. The molecule has 3 heteroatoms. The number of hydrogen-bond acceptors (Lipinski definition) is 3. The Hall–Kier alpha value is -1.84. The minimum Gasteiger partial charge on any atom is -0.396 e. The summed E-state index contributed by atoms with van der Waals surface area (Å²) in [6, 6.07) is 16.3. The van der Waals surface area contributed by atoms with E-state index in [2.05, 4.69) is 80.0 Å². The van der Waals surface area contributed by atoms with Crippen LogP contribution in [0, 0.1) is 0 Å². The maximum absolute atomic E-state index is 8.92. The molecular weight excluding hydrogens is 380 g/mol. The average molecular weight is 421 g/mol. The molecular formula is C28H40N2O. The number of piperazine rings is 1. The van der Waals surface area contributed by atoms with Crippen LogP contribution in [0.4, 0.5) is 5.69 Å². The summed E-state index contributed by atoms with van der Waals surface area (Å²) < 4.78 is 0. The zero-order valence-electron chi connectivity index (χ0n) is 20.0. The van der Waals surface area contributed by atoms with Crippen LogP contribution in [-0.2, 0) is 10.8 Å². The van der Waals surface area contributed by atoms with Gasteiger partial charge in [-0.1, -0.05) is 58.0 Å². The zero-order chi connectivity index (χ0) is 22.1. The molecule has 1 saturated heterocycles. The van der Waals surface area contributed by atoms with Gasteiger partial charge in [-0.05, 0) is 77.4 Å². The summed E-state index contributed by atoms with van der Waals surface area (Å²) >= 11 is 0. The lowest BCUT2D eigenvalue weighted by atomic mass is 9.82. The van der Waals surface area contributed by atoms with Crippen LogP contribution in [0.2, 0.25) is 0 Å². The molecule has 0 atom stereocenters. The van der Waals surface area contributed by atoms with E-state index in [1.807, 2.05) is 0 Å². The number of aliphatic hydroxyl groups excluding tert-OH is 1. The molecule has 0 bridgehead atoms. The smallest absolute Gasteiger partial charge is 0.0431 e. The van der Waals surface area contributed by atoms with Gasteiger partial charge in [0.15, 0.2) is 0 Å². The summed E-state index contributed by atoms with van der Waals surface area (Å²) in [7, 11) is 0. The van der Waals surface area contributed by atoms with E-state index in [9.17, 15) is 0 Å². The van der Waals surface area contributed by atoms with Crippen molar-refractivity contribution in [3.63, 3.8) is 0 Å². The first kappa shape index (κ1) is 22.4. The normalized spacial score (nSPS) is 20.1. The Kier molecular flexibility index (Phi) is 6.46. The van der Waals surface area contributed by atoms with E-state index < -0.39 is 0 Å². The Morgan fingerprint density at radius 1 is 0.742 bits per heavy atom. The minimum atomic E-state index is 0.243. The Morgan fingerprint density at radius 2 is 1.39 bits per heavy atom. The highest BCUT2D eigenvalue weighted by Gasteiger charge is 2.41. The fraction of sp³-hybridized carbons (Fsp3) is 0.571. The lowest BCUT2D eigenvalue weighted by molar-refractivity contribution is 0.242. The standard InChI is InChI=1S/C28H40N2O/c1-27(2)21-28(3,4)26-20-23(10-13-25(26)27)22-8-11-24(12-9-22)30-17-15-29(16-18-30)14-6-5-7-19-31/h8-13,20,31H,5-7,14-19,21H2,1-4H3. The van der Waals surface area contributed by atoms with Crippen LogP contribution in [0.5, 0.6) is 0 Å². The predicted octanol–water partition coefficient (Wildman–Crippen LogP) is 5.60. The molecule has 0 unspecified atom stereocenters. The van der Waals surface area contributed by atoms with Gasteiger partial charge in [0, 0.05) is 38.5 Å². The van der Waals surface area contributed by atoms with Crippen LogP contribution in [0.3, 0.4) is 0 Å². The Bertz CT molecular complexity index is 876. The molecule has 0 radical (unpaired) electrons. The van der Waals surface area contributed by atoms with Crippen LogP contribution in [0.25, 0.3) is 11.1 Å². The topological polar surface area (TPSA) is 26.7 Å². The second-order valence-corrected chi connectivity index (χ2v) is 10.9. The van der Waals surface area contributed by atoms with Crippen molar-refractivity contribution in [1.29, 1.82) is 0 Å². The largest absolute Gasteiger partial charge is 0.396 e. The van der Waals surface area contributed by atoms with Gasteiger partial charge in [-0.2, -0.15) is 0 Å². The number of anilines is 1. The number of hydrogen-bond donors (Lipinski definition) is 1. The zero-order valence-corrected chi connectivity index (χ0v) is 20.0. The van der Waals surface area contributed by atoms with Gasteiger partial charge < -0.3 is 10.0 Å². The molecule has 1 fully saturated rings. The highest BCUT2D eigenvalue weighted by atomic mass is 16.2. The van der Waals surface area contributed by atoms with Crippen molar-refractivity contribution in [3.05, 3.63) is 53.6 Å². The molecule has 1 N–H and O–H groups in total. The van der Waals surface area contributed by atoms with Crippen LogP contribution in [-0.4, -0.2) is 49.3 Å². The van der Waals surface area contributed by atoms with Gasteiger partial charge in [-0.25, -0.2) is 0 Å². The number of aliphatic hydroxyl groups is 1. The van der Waals surface area contributed by atoms with Crippen molar-refractivity contribution in [2.24, 2.45) is 0 Å². The maximum atomic E-state index is 8.92. The first-order valence-electron chi connectivity index (χ1n) is 12.1. The third kappa shape index (κ3) is 4.83. The number of nitrogens with zero attached hydrogens (tertiary/aromatic N) is 2. The lowest BCUT2D eigenvalue weighted by Gasteiger charge is -2.36. The number of unbranched alkanes of at least 4 members (excludes halogenated alkanes) is 2. The predicted molar refractivity (Wildman–Crippen MR) is 132 cm³/mol. The molecule has 0 aromatic heterocycles. The first-order valence-corrected chi connectivity index (χ1v) is 12.1. The maximum Gasteiger partial charge on any atom is 0.0431 e. The van der Waals surface area contributed by atoms with Crippen LogP contribution >= 0.6 is 0 Å². The van der Waals surface area contributed by atoms with Gasteiger partial charge in [0.25, 0.3) is 0 Å². The molecule has 1 aliphatic heterocycles. The lowest BCUT2D eigenvalue weighted by Crippen LogP contribution is -2.46. The summed E-state index contributed by atoms with van der Waals surface area (Å²) in [5, 5.41) is 8.92. The van der Waals surface area contributed by atoms with Crippen molar-refractivity contribution in [3.8, 4) is 11.1 Å². The Balaban J connectivity index is 1.40. The second kappa shape index (κ2) is 8.96. The summed E-state index contributed by atoms with van der Waals surface area (Å²) in [6.07, 6.45) is 4.48. The fourth-order valence-corrected chi connectivity index (χ4v) is 5.89. The van der Waals surface area contributed by atoms with Gasteiger partial charge >= 0.3 is 0 Å². The van der Waals surface area contributed by atoms with E-state index in [-0.39, 0.29) is 10.8 Å². The molecule has 2 aliphatic rings. The molecule has 0 saturated carbocycles. The first-order chi connectivity index (χ1) is 14.8. The van der Waals surface area contributed by atoms with Gasteiger partial charge in [-0.3, -0.25) is 4.90 Å². The minimum absolute atomic E-state index is 0.243. The van der Waals surface area contributed by atoms with Crippen LogP contribution < -0.4 is 4.90 Å². The summed E-state index contributed by atoms with van der Waals surface area (Å²) in [6.45, 7) is 15.5. The van der Waals surface area contributed by atoms with Crippen molar-refractivity contribution >= 4 is 5.69 Å². The second-order valence-electron chi connectivity index (χ2n) is 10.9. The average Bonchev–Trinajstić information content (AvgIpc) is 2.95. The van der Waals surface area contributed by atoms with E-state index in [1.165, 1.54) is 40.8 Å². The number of rotatable bonds is 7. The summed E-state index contributed by atoms with van der Waals surface area (Å²) in [5.41, 5.74) is 7.54.